The summed E-state index contributed by atoms with van der Waals surface area (Å²) in [5.74, 6) is 0.873. The van der Waals surface area contributed by atoms with Gasteiger partial charge in [-0.05, 0) is 32.8 Å². The van der Waals surface area contributed by atoms with Gasteiger partial charge in [0, 0.05) is 12.1 Å². The van der Waals surface area contributed by atoms with Gasteiger partial charge in [0.1, 0.15) is 5.76 Å². The molecule has 0 spiro atoms. The van der Waals surface area contributed by atoms with Gasteiger partial charge in [0.25, 0.3) is 0 Å². The van der Waals surface area contributed by atoms with Crippen molar-refractivity contribution in [3.63, 3.8) is 0 Å². The molecule has 1 amide bonds. The van der Waals surface area contributed by atoms with E-state index in [2.05, 4.69) is 10.5 Å². The lowest BCUT2D eigenvalue weighted by Crippen LogP contribution is -2.27. The molecular weight excluding hydrogens is 252 g/mol. The van der Waals surface area contributed by atoms with Crippen LogP contribution in [0, 0.1) is 20.8 Å². The number of aryl methyl sites for hydroxylation is 3. The van der Waals surface area contributed by atoms with Crippen LogP contribution in [0.4, 0.5) is 0 Å². The molecule has 2 rings (SSSR count). The summed E-state index contributed by atoms with van der Waals surface area (Å²) in [6.07, 6.45) is 1.17. The number of aromatic nitrogens is 1. The van der Waals surface area contributed by atoms with Crippen LogP contribution < -0.4 is 5.32 Å². The van der Waals surface area contributed by atoms with E-state index in [1.54, 1.807) is 0 Å². The van der Waals surface area contributed by atoms with Crippen LogP contribution in [0.15, 0.2) is 28.8 Å². The first-order chi connectivity index (χ1) is 9.56. The summed E-state index contributed by atoms with van der Waals surface area (Å²) in [6, 6.07) is 8.01. The van der Waals surface area contributed by atoms with Gasteiger partial charge in [-0.3, -0.25) is 4.79 Å². The van der Waals surface area contributed by atoms with Crippen molar-refractivity contribution in [1.82, 2.24) is 10.5 Å². The zero-order valence-electron chi connectivity index (χ0n) is 12.2. The third-order valence-corrected chi connectivity index (χ3v) is 3.33. The highest BCUT2D eigenvalue weighted by atomic mass is 16.5. The first-order valence-electron chi connectivity index (χ1n) is 6.80. The second kappa shape index (κ2) is 6.37. The lowest BCUT2D eigenvalue weighted by molar-refractivity contribution is -0.120. The molecule has 1 aromatic carbocycles. The van der Waals surface area contributed by atoms with Gasteiger partial charge in [-0.25, -0.2) is 0 Å². The Morgan fingerprint density at radius 1 is 1.30 bits per heavy atom. The number of carbonyl (C=O) groups excluding carboxylic acids is 1. The Morgan fingerprint density at radius 3 is 2.75 bits per heavy atom. The molecule has 0 bridgehead atoms. The van der Waals surface area contributed by atoms with Crippen LogP contribution in [0.25, 0.3) is 0 Å². The van der Waals surface area contributed by atoms with Gasteiger partial charge in [-0.1, -0.05) is 35.0 Å². The number of hydrogen-bond donors (Lipinski definition) is 1. The van der Waals surface area contributed by atoms with Crippen LogP contribution in [-0.2, 0) is 17.6 Å². The predicted molar refractivity (Wildman–Crippen MR) is 77.6 cm³/mol. The Hall–Kier alpha value is -2.10. The topological polar surface area (TPSA) is 55.1 Å². The summed E-state index contributed by atoms with van der Waals surface area (Å²) >= 11 is 0. The molecule has 0 fully saturated rings. The number of hydrogen-bond acceptors (Lipinski definition) is 3. The average Bonchev–Trinajstić information content (AvgIpc) is 2.70. The van der Waals surface area contributed by atoms with Crippen molar-refractivity contribution in [2.24, 2.45) is 0 Å². The van der Waals surface area contributed by atoms with Crippen molar-refractivity contribution in [1.29, 1.82) is 0 Å². The molecule has 0 aliphatic heterocycles. The molecule has 1 aromatic heterocycles. The number of amides is 1. The van der Waals surface area contributed by atoms with Crippen LogP contribution in [0.3, 0.4) is 0 Å². The van der Waals surface area contributed by atoms with Gasteiger partial charge in [-0.15, -0.1) is 0 Å². The van der Waals surface area contributed by atoms with Gasteiger partial charge in [0.05, 0.1) is 12.1 Å². The van der Waals surface area contributed by atoms with E-state index in [9.17, 15) is 4.79 Å². The van der Waals surface area contributed by atoms with Crippen LogP contribution >= 0.6 is 0 Å². The minimum absolute atomic E-state index is 0.0439. The monoisotopic (exact) mass is 272 g/mol. The van der Waals surface area contributed by atoms with E-state index in [1.165, 1.54) is 5.56 Å². The van der Waals surface area contributed by atoms with E-state index in [4.69, 9.17) is 4.52 Å². The van der Waals surface area contributed by atoms with E-state index >= 15 is 0 Å². The second-order valence-electron chi connectivity index (χ2n) is 5.07. The summed E-state index contributed by atoms with van der Waals surface area (Å²) in [7, 11) is 0. The zero-order valence-corrected chi connectivity index (χ0v) is 12.2. The normalized spacial score (nSPS) is 10.6. The molecule has 1 N–H and O–H groups in total. The van der Waals surface area contributed by atoms with E-state index in [-0.39, 0.29) is 5.91 Å². The molecule has 4 nitrogen and oxygen atoms in total. The van der Waals surface area contributed by atoms with Crippen LogP contribution in [0.1, 0.15) is 28.1 Å². The fourth-order valence-electron chi connectivity index (χ4n) is 2.26. The molecule has 0 saturated carbocycles. The second-order valence-corrected chi connectivity index (χ2v) is 5.07. The van der Waals surface area contributed by atoms with E-state index < -0.39 is 0 Å². The van der Waals surface area contributed by atoms with Crippen LogP contribution in [0.2, 0.25) is 0 Å². The first kappa shape index (κ1) is 14.3. The van der Waals surface area contributed by atoms with Crippen molar-refractivity contribution in [3.8, 4) is 0 Å². The summed E-state index contributed by atoms with van der Waals surface area (Å²) in [6.45, 7) is 6.44. The Kier molecular flexibility index (Phi) is 4.56. The highest BCUT2D eigenvalue weighted by Crippen LogP contribution is 2.12. The Balaban J connectivity index is 1.81. The molecule has 0 aliphatic rings. The molecule has 0 saturated heterocycles. The maximum absolute atomic E-state index is 11.9. The maximum atomic E-state index is 11.9. The molecule has 1 heterocycles. The van der Waals surface area contributed by atoms with Gasteiger partial charge < -0.3 is 9.84 Å². The van der Waals surface area contributed by atoms with Crippen molar-refractivity contribution in [3.05, 3.63) is 52.4 Å². The van der Waals surface area contributed by atoms with Gasteiger partial charge in [0.15, 0.2) is 0 Å². The van der Waals surface area contributed by atoms with Crippen LogP contribution in [-0.4, -0.2) is 17.6 Å². The Bertz CT molecular complexity index is 583. The summed E-state index contributed by atoms with van der Waals surface area (Å²) < 4.78 is 5.10. The highest BCUT2D eigenvalue weighted by Gasteiger charge is 2.09. The number of nitrogens with zero attached hydrogens (tertiary/aromatic N) is 1. The lowest BCUT2D eigenvalue weighted by Gasteiger charge is -2.06. The van der Waals surface area contributed by atoms with Crippen LogP contribution in [0.5, 0.6) is 0 Å². The fraction of sp³-hybridized carbons (Fsp3) is 0.375. The minimum atomic E-state index is 0.0439. The van der Waals surface area contributed by atoms with E-state index in [0.717, 1.165) is 29.0 Å². The predicted octanol–water partition coefficient (Wildman–Crippen LogP) is 2.50. The maximum Gasteiger partial charge on any atom is 0.224 e. The fourth-order valence-corrected chi connectivity index (χ4v) is 2.26. The lowest BCUT2D eigenvalue weighted by atomic mass is 10.1. The van der Waals surface area contributed by atoms with E-state index in [0.29, 0.717) is 13.0 Å². The third-order valence-electron chi connectivity index (χ3n) is 3.33. The third kappa shape index (κ3) is 3.70. The molecule has 0 radical (unpaired) electrons. The molecule has 0 atom stereocenters. The van der Waals surface area contributed by atoms with Crippen molar-refractivity contribution in [2.75, 3.05) is 6.54 Å². The number of benzene rings is 1. The standard InChI is InChI=1S/C16H20N2O2/c1-11-5-4-6-14(9-11)10-16(19)17-8-7-15-12(2)18-20-13(15)3/h4-6,9H,7-8,10H2,1-3H3,(H,17,19). The minimum Gasteiger partial charge on any atom is -0.361 e. The van der Waals surface area contributed by atoms with E-state index in [1.807, 2.05) is 45.0 Å². The summed E-state index contributed by atoms with van der Waals surface area (Å²) in [5, 5.41) is 6.84. The Morgan fingerprint density at radius 2 is 2.10 bits per heavy atom. The number of nitrogens with one attached hydrogen (secondary N) is 1. The molecule has 0 unspecified atom stereocenters. The highest BCUT2D eigenvalue weighted by molar-refractivity contribution is 5.78. The molecule has 2 aromatic rings. The molecule has 0 aliphatic carbocycles. The first-order valence-corrected chi connectivity index (χ1v) is 6.80. The number of carbonyl (C=O) groups is 1. The van der Waals surface area contributed by atoms with Crippen molar-refractivity contribution >= 4 is 5.91 Å². The molecular formula is C16H20N2O2. The van der Waals surface area contributed by atoms with Gasteiger partial charge in [0.2, 0.25) is 5.91 Å². The zero-order chi connectivity index (χ0) is 14.5. The average molecular weight is 272 g/mol. The number of rotatable bonds is 5. The van der Waals surface area contributed by atoms with Gasteiger partial charge >= 0.3 is 0 Å². The van der Waals surface area contributed by atoms with Crippen molar-refractivity contribution < 1.29 is 9.32 Å². The Labute approximate surface area is 119 Å². The quantitative estimate of drug-likeness (QED) is 0.910. The summed E-state index contributed by atoms with van der Waals surface area (Å²) in [5.41, 5.74) is 4.20. The van der Waals surface area contributed by atoms with Crippen molar-refractivity contribution in [2.45, 2.75) is 33.6 Å². The SMILES string of the molecule is Cc1cccc(CC(=O)NCCc2c(C)noc2C)c1. The largest absolute Gasteiger partial charge is 0.361 e. The summed E-state index contributed by atoms with van der Waals surface area (Å²) in [4.78, 5) is 11.9. The molecule has 106 valence electrons. The van der Waals surface area contributed by atoms with Gasteiger partial charge in [-0.2, -0.15) is 0 Å². The molecule has 4 heteroatoms. The molecule has 20 heavy (non-hydrogen) atoms. The smallest absolute Gasteiger partial charge is 0.224 e.